The fourth-order valence-corrected chi connectivity index (χ4v) is 7.61. The Morgan fingerprint density at radius 2 is 1.67 bits per heavy atom. The molecular weight excluding hydrogens is 712 g/mol. The number of esters is 1. The molecule has 2 atom stereocenters. The average molecular weight is 755 g/mol. The smallest absolute Gasteiger partial charge is 0.415 e. The molecule has 0 unspecified atom stereocenters. The highest BCUT2D eigenvalue weighted by atomic mass is 19.2. The number of hydrogen-bond donors (Lipinski definition) is 2. The van der Waals surface area contributed by atoms with Crippen LogP contribution in [0.5, 0.6) is 5.75 Å². The van der Waals surface area contributed by atoms with Crippen LogP contribution in [0.25, 0.3) is 0 Å². The number of nitrogens with zero attached hydrogens (tertiary/aromatic N) is 2. The Labute approximate surface area is 309 Å². The molecule has 0 aromatic heterocycles. The topological polar surface area (TPSA) is 127 Å². The van der Waals surface area contributed by atoms with Crippen molar-refractivity contribution in [1.29, 1.82) is 0 Å². The second-order valence-electron chi connectivity index (χ2n) is 14.9. The summed E-state index contributed by atoms with van der Waals surface area (Å²) >= 11 is 0. The van der Waals surface area contributed by atoms with Gasteiger partial charge in [0, 0.05) is 37.7 Å². The third-order valence-corrected chi connectivity index (χ3v) is 10.1. The number of carbonyl (C=O) groups is 4. The van der Waals surface area contributed by atoms with Gasteiger partial charge in [-0.05, 0) is 104 Å². The number of methoxy groups -OCH3 is 1. The van der Waals surface area contributed by atoms with Gasteiger partial charge in [0.15, 0.2) is 17.5 Å². The van der Waals surface area contributed by atoms with E-state index in [1.165, 1.54) is 17.0 Å². The van der Waals surface area contributed by atoms with E-state index in [1.807, 2.05) is 0 Å². The number of fused-ring (bicyclic) bond motifs is 3. The lowest BCUT2D eigenvalue weighted by atomic mass is 9.73. The molecule has 1 fully saturated rings. The molecular formula is C39H42F4N4O7. The van der Waals surface area contributed by atoms with Crippen molar-refractivity contribution in [2.45, 2.75) is 75.9 Å². The lowest BCUT2D eigenvalue weighted by Crippen LogP contribution is -2.46. The number of ether oxygens (including phenoxy) is 3. The number of likely N-dealkylation sites (tertiary alicyclic amines) is 1. The normalized spacial score (nSPS) is 17.9. The van der Waals surface area contributed by atoms with Crippen LogP contribution in [0.1, 0.15) is 69.1 Å². The molecule has 2 heterocycles. The predicted molar refractivity (Wildman–Crippen MR) is 189 cm³/mol. The molecule has 1 aliphatic carbocycles. The van der Waals surface area contributed by atoms with Crippen molar-refractivity contribution >= 4 is 35.4 Å². The first-order chi connectivity index (χ1) is 25.6. The van der Waals surface area contributed by atoms with Gasteiger partial charge in [0.05, 0.1) is 19.3 Å². The number of carbonyl (C=O) groups excluding carboxylic acids is 4. The largest absolute Gasteiger partial charge is 0.489 e. The van der Waals surface area contributed by atoms with Gasteiger partial charge in [-0.2, -0.15) is 0 Å². The van der Waals surface area contributed by atoms with Gasteiger partial charge in [0.25, 0.3) is 0 Å². The number of urea groups is 1. The number of hydrogen-bond acceptors (Lipinski definition) is 7. The monoisotopic (exact) mass is 754 g/mol. The minimum Gasteiger partial charge on any atom is -0.489 e. The summed E-state index contributed by atoms with van der Waals surface area (Å²) in [7, 11) is 1.11. The van der Waals surface area contributed by atoms with E-state index in [0.29, 0.717) is 56.0 Å². The standard InChI is InChI=1S/C39H42F4N4O7/c1-38(2,3)54-37(51)47-13-14-53-32-20-25(6-8-31(32)47)44-36(50)46-11-9-39(10-12-46)21-23(26-7-5-24(40)19-27(26)39)18-33(48)45-30(35(49)52-4)17-22-15-28(41)34(43)29(42)16-22/h5-8,15-16,19-20,23,30H,9-14,17-18,21H2,1-4H3,(H,44,50)(H,45,48)/t23-,30-/m1/s1. The summed E-state index contributed by atoms with van der Waals surface area (Å²) in [5.74, 6) is -6.24. The van der Waals surface area contributed by atoms with Crippen molar-refractivity contribution in [2.75, 3.05) is 43.6 Å². The van der Waals surface area contributed by atoms with Crippen LogP contribution in [0.3, 0.4) is 0 Å². The van der Waals surface area contributed by atoms with Crippen LogP contribution in [0.15, 0.2) is 48.5 Å². The maximum atomic E-state index is 14.7. The van der Waals surface area contributed by atoms with Gasteiger partial charge in [-0.3, -0.25) is 9.69 Å². The second kappa shape index (κ2) is 15.2. The van der Waals surface area contributed by atoms with Crippen LogP contribution in [-0.2, 0) is 30.9 Å². The Balaban J connectivity index is 1.10. The fraction of sp³-hybridized carbons (Fsp3) is 0.436. The van der Waals surface area contributed by atoms with E-state index in [9.17, 15) is 36.7 Å². The number of piperidine rings is 1. The Hall–Kier alpha value is -5.34. The molecule has 6 rings (SSSR count). The molecule has 1 spiro atoms. The molecule has 0 bridgehead atoms. The first kappa shape index (κ1) is 38.4. The Morgan fingerprint density at radius 3 is 2.33 bits per heavy atom. The van der Waals surface area contributed by atoms with Gasteiger partial charge in [0.1, 0.15) is 29.8 Å². The number of anilines is 2. The number of amides is 4. The van der Waals surface area contributed by atoms with Gasteiger partial charge in [0.2, 0.25) is 5.91 Å². The molecule has 0 saturated carbocycles. The number of rotatable bonds is 7. The number of halogens is 4. The first-order valence-corrected chi connectivity index (χ1v) is 17.7. The molecule has 3 aliphatic rings. The molecule has 288 valence electrons. The lowest BCUT2D eigenvalue weighted by molar-refractivity contribution is -0.145. The van der Waals surface area contributed by atoms with E-state index in [4.69, 9.17) is 14.2 Å². The number of benzene rings is 3. The third kappa shape index (κ3) is 8.24. The van der Waals surface area contributed by atoms with Crippen LogP contribution in [0.2, 0.25) is 0 Å². The van der Waals surface area contributed by atoms with Crippen LogP contribution in [-0.4, -0.2) is 73.9 Å². The maximum absolute atomic E-state index is 14.7. The third-order valence-electron chi connectivity index (χ3n) is 10.1. The van der Waals surface area contributed by atoms with E-state index in [2.05, 4.69) is 10.6 Å². The molecule has 54 heavy (non-hydrogen) atoms. The van der Waals surface area contributed by atoms with Crippen molar-refractivity contribution in [3.8, 4) is 5.75 Å². The zero-order chi connectivity index (χ0) is 38.9. The fourth-order valence-electron chi connectivity index (χ4n) is 7.61. The van der Waals surface area contributed by atoms with Crippen molar-refractivity contribution < 1.29 is 51.0 Å². The molecule has 15 heteroatoms. The van der Waals surface area contributed by atoms with E-state index in [0.717, 1.165) is 30.4 Å². The van der Waals surface area contributed by atoms with E-state index in [1.54, 1.807) is 49.9 Å². The molecule has 0 radical (unpaired) electrons. The molecule has 1 saturated heterocycles. The zero-order valence-corrected chi connectivity index (χ0v) is 30.4. The Morgan fingerprint density at radius 1 is 0.963 bits per heavy atom. The van der Waals surface area contributed by atoms with Gasteiger partial charge >= 0.3 is 18.1 Å². The summed E-state index contributed by atoms with van der Waals surface area (Å²) in [5, 5.41) is 5.50. The summed E-state index contributed by atoms with van der Waals surface area (Å²) in [6, 6.07) is 9.34. The summed E-state index contributed by atoms with van der Waals surface area (Å²) in [6.07, 6.45) is 0.576. The maximum Gasteiger partial charge on any atom is 0.415 e. The van der Waals surface area contributed by atoms with Crippen LogP contribution in [0.4, 0.5) is 38.5 Å². The summed E-state index contributed by atoms with van der Waals surface area (Å²) in [5.41, 5.74) is 1.32. The van der Waals surface area contributed by atoms with Gasteiger partial charge in [-0.25, -0.2) is 31.9 Å². The molecule has 11 nitrogen and oxygen atoms in total. The van der Waals surface area contributed by atoms with Crippen LogP contribution < -0.4 is 20.3 Å². The lowest BCUT2D eigenvalue weighted by Gasteiger charge is -2.40. The molecule has 3 aromatic carbocycles. The summed E-state index contributed by atoms with van der Waals surface area (Å²) in [4.78, 5) is 55.3. The zero-order valence-electron chi connectivity index (χ0n) is 30.4. The quantitative estimate of drug-likeness (QED) is 0.156. The van der Waals surface area contributed by atoms with Gasteiger partial charge < -0.3 is 29.7 Å². The molecule has 2 N–H and O–H groups in total. The van der Waals surface area contributed by atoms with E-state index >= 15 is 0 Å². The highest BCUT2D eigenvalue weighted by Gasteiger charge is 2.47. The summed E-state index contributed by atoms with van der Waals surface area (Å²) in [6.45, 7) is 6.64. The van der Waals surface area contributed by atoms with Crippen molar-refractivity contribution in [3.05, 3.63) is 88.5 Å². The van der Waals surface area contributed by atoms with E-state index in [-0.39, 0.29) is 37.0 Å². The van der Waals surface area contributed by atoms with Gasteiger partial charge in [-0.15, -0.1) is 0 Å². The van der Waals surface area contributed by atoms with Crippen LogP contribution >= 0.6 is 0 Å². The minimum atomic E-state index is -1.65. The Bertz CT molecular complexity index is 1940. The van der Waals surface area contributed by atoms with Crippen molar-refractivity contribution in [1.82, 2.24) is 10.2 Å². The SMILES string of the molecule is COC(=O)[C@@H](Cc1cc(F)c(F)c(F)c1)NC(=O)C[C@@H]1CC2(CCN(C(=O)Nc3ccc4c(c3)OCCN4C(=O)OC(C)(C)C)CC2)c2cc(F)ccc21. The minimum absolute atomic E-state index is 0.0525. The molecule has 4 amide bonds. The average Bonchev–Trinajstić information content (AvgIpc) is 3.39. The highest BCUT2D eigenvalue weighted by molar-refractivity contribution is 5.93. The second-order valence-corrected chi connectivity index (χ2v) is 14.9. The Kier molecular flexibility index (Phi) is 10.8. The van der Waals surface area contributed by atoms with Crippen molar-refractivity contribution in [2.24, 2.45) is 0 Å². The van der Waals surface area contributed by atoms with Gasteiger partial charge in [-0.1, -0.05) is 6.07 Å². The van der Waals surface area contributed by atoms with Crippen LogP contribution in [0, 0.1) is 23.3 Å². The first-order valence-electron chi connectivity index (χ1n) is 17.7. The van der Waals surface area contributed by atoms with Crippen molar-refractivity contribution in [3.63, 3.8) is 0 Å². The molecule has 3 aromatic rings. The highest BCUT2D eigenvalue weighted by Crippen LogP contribution is 2.53. The number of nitrogens with one attached hydrogen (secondary N) is 2. The predicted octanol–water partition coefficient (Wildman–Crippen LogP) is 6.72. The van der Waals surface area contributed by atoms with E-state index < -0.39 is 58.3 Å². The molecule has 2 aliphatic heterocycles. The summed E-state index contributed by atoms with van der Waals surface area (Å²) < 4.78 is 72.0.